The highest BCUT2D eigenvalue weighted by molar-refractivity contribution is 6.15. The lowest BCUT2D eigenvalue weighted by Crippen LogP contribution is -2.15. The summed E-state index contributed by atoms with van der Waals surface area (Å²) >= 11 is 0. The van der Waals surface area contributed by atoms with Gasteiger partial charge in [-0.05, 0) is 136 Å². The highest BCUT2D eigenvalue weighted by atomic mass is 16.3. The van der Waals surface area contributed by atoms with E-state index in [4.69, 9.17) is 8.83 Å². The van der Waals surface area contributed by atoms with E-state index in [1.54, 1.807) is 0 Å². The van der Waals surface area contributed by atoms with Gasteiger partial charge in [0.25, 0.3) is 0 Å². The minimum Gasteiger partial charge on any atom is -0.456 e. The van der Waals surface area contributed by atoms with Crippen LogP contribution in [-0.2, 0) is 6.42 Å². The van der Waals surface area contributed by atoms with Crippen LogP contribution in [0.5, 0.6) is 0 Å². The third-order valence-corrected chi connectivity index (χ3v) is 12.2. The molecule has 300 valence electrons. The van der Waals surface area contributed by atoms with Gasteiger partial charge in [-0.3, -0.25) is 0 Å². The number of hydrogen-bond acceptors (Lipinski definition) is 3. The van der Waals surface area contributed by atoms with Gasteiger partial charge in [0, 0.05) is 44.0 Å². The Hall–Kier alpha value is -8.14. The van der Waals surface area contributed by atoms with Gasteiger partial charge < -0.3 is 13.7 Å². The summed E-state index contributed by atoms with van der Waals surface area (Å²) in [5, 5.41) is 6.71. The first-order valence-corrected chi connectivity index (χ1v) is 21.5. The van der Waals surface area contributed by atoms with Crippen molar-refractivity contribution in [2.24, 2.45) is 0 Å². The molecule has 0 spiro atoms. The zero-order valence-corrected chi connectivity index (χ0v) is 35.0. The fourth-order valence-corrected chi connectivity index (χ4v) is 9.13. The molecule has 11 rings (SSSR count). The van der Waals surface area contributed by atoms with Crippen LogP contribution in [0.15, 0.2) is 233 Å². The second-order valence-electron chi connectivity index (χ2n) is 16.1. The molecule has 1 aliphatic rings. The van der Waals surface area contributed by atoms with E-state index in [2.05, 4.69) is 213 Å². The summed E-state index contributed by atoms with van der Waals surface area (Å²) in [6, 6.07) is 60.4. The number of benzene rings is 8. The van der Waals surface area contributed by atoms with Crippen LogP contribution in [0, 0.1) is 0 Å². The maximum Gasteiger partial charge on any atom is 0.143 e. The molecule has 0 atom stereocenters. The van der Waals surface area contributed by atoms with E-state index in [9.17, 15) is 0 Å². The van der Waals surface area contributed by atoms with Crippen molar-refractivity contribution in [2.75, 3.05) is 4.90 Å². The Bertz CT molecular complexity index is 3550. The summed E-state index contributed by atoms with van der Waals surface area (Å²) in [6.45, 7) is 6.15. The summed E-state index contributed by atoms with van der Waals surface area (Å²) in [6.07, 6.45) is 18.0. The molecule has 0 saturated heterocycles. The van der Waals surface area contributed by atoms with Gasteiger partial charge in [0.15, 0.2) is 0 Å². The van der Waals surface area contributed by atoms with Gasteiger partial charge in [-0.25, -0.2) is 0 Å². The Morgan fingerprint density at radius 1 is 0.571 bits per heavy atom. The molecule has 0 aliphatic heterocycles. The predicted octanol–water partition coefficient (Wildman–Crippen LogP) is 16.8. The van der Waals surface area contributed by atoms with Crippen LogP contribution in [0.2, 0.25) is 0 Å². The Morgan fingerprint density at radius 2 is 1.27 bits per heavy atom. The SMILES string of the molecule is C=C/C=C\C(=C\c1ccc2oc3c4ccccc4ccc3c2c1)N(c1ccc(C(/C=C\C)=C2\C=Cc3ccccc3C2)cc1)c1ccc(-c2ccc3oc4ccccc4c3c2)cc1. The normalized spacial score (nSPS) is 13.9. The number of allylic oxidation sites excluding steroid dienone is 8. The van der Waals surface area contributed by atoms with Crippen molar-refractivity contribution in [1.82, 2.24) is 0 Å². The molecular weight excluding hydrogens is 767 g/mol. The van der Waals surface area contributed by atoms with E-state index >= 15 is 0 Å². The molecule has 3 nitrogen and oxygen atoms in total. The first-order valence-electron chi connectivity index (χ1n) is 21.5. The zero-order chi connectivity index (χ0) is 42.3. The van der Waals surface area contributed by atoms with Crippen LogP contribution < -0.4 is 4.90 Å². The van der Waals surface area contributed by atoms with Gasteiger partial charge in [0.1, 0.15) is 22.3 Å². The van der Waals surface area contributed by atoms with Crippen LogP contribution in [0.1, 0.15) is 29.2 Å². The van der Waals surface area contributed by atoms with Crippen molar-refractivity contribution in [2.45, 2.75) is 13.3 Å². The molecule has 0 bridgehead atoms. The average Bonchev–Trinajstić information content (AvgIpc) is 3.91. The first-order chi connectivity index (χ1) is 31.1. The molecule has 0 radical (unpaired) electrons. The number of para-hydroxylation sites is 1. The van der Waals surface area contributed by atoms with E-state index in [1.165, 1.54) is 33.2 Å². The molecule has 0 unspecified atom stereocenters. The van der Waals surface area contributed by atoms with Gasteiger partial charge in [-0.1, -0.05) is 152 Å². The monoisotopic (exact) mass is 809 g/mol. The van der Waals surface area contributed by atoms with E-state index in [0.717, 1.165) is 89.4 Å². The third-order valence-electron chi connectivity index (χ3n) is 12.2. The van der Waals surface area contributed by atoms with Gasteiger partial charge in [0.2, 0.25) is 0 Å². The Balaban J connectivity index is 1.03. The maximum atomic E-state index is 6.50. The van der Waals surface area contributed by atoms with Crippen molar-refractivity contribution < 1.29 is 8.83 Å². The average molecular weight is 810 g/mol. The quantitative estimate of drug-likeness (QED) is 0.136. The van der Waals surface area contributed by atoms with Crippen molar-refractivity contribution in [3.63, 3.8) is 0 Å². The molecular formula is C60H43NO2. The van der Waals surface area contributed by atoms with E-state index in [1.807, 2.05) is 24.3 Å². The summed E-state index contributed by atoms with van der Waals surface area (Å²) < 4.78 is 12.6. The molecule has 1 aliphatic carbocycles. The van der Waals surface area contributed by atoms with Crippen LogP contribution in [0.4, 0.5) is 11.4 Å². The van der Waals surface area contributed by atoms with Crippen molar-refractivity contribution in [3.8, 4) is 11.1 Å². The lowest BCUT2D eigenvalue weighted by molar-refractivity contribution is 0.669. The predicted molar refractivity (Wildman–Crippen MR) is 267 cm³/mol. The third kappa shape index (κ3) is 7.00. The maximum absolute atomic E-state index is 6.50. The number of hydrogen-bond donors (Lipinski definition) is 0. The highest BCUT2D eigenvalue weighted by Crippen LogP contribution is 2.39. The van der Waals surface area contributed by atoms with E-state index in [-0.39, 0.29) is 0 Å². The first kappa shape index (κ1) is 37.8. The van der Waals surface area contributed by atoms with E-state index < -0.39 is 0 Å². The number of furan rings is 2. The molecule has 8 aromatic carbocycles. The summed E-state index contributed by atoms with van der Waals surface area (Å²) in [5.41, 5.74) is 16.3. The van der Waals surface area contributed by atoms with Crippen molar-refractivity contribution in [1.29, 1.82) is 0 Å². The minimum absolute atomic E-state index is 0.869. The molecule has 0 N–H and O–H groups in total. The largest absolute Gasteiger partial charge is 0.456 e. The van der Waals surface area contributed by atoms with Gasteiger partial charge >= 0.3 is 0 Å². The Kier molecular flexibility index (Phi) is 9.63. The summed E-state index contributed by atoms with van der Waals surface area (Å²) in [7, 11) is 0. The molecule has 2 aromatic heterocycles. The summed E-state index contributed by atoms with van der Waals surface area (Å²) in [5.74, 6) is 0. The fourth-order valence-electron chi connectivity index (χ4n) is 9.13. The minimum atomic E-state index is 0.869. The van der Waals surface area contributed by atoms with Gasteiger partial charge in [-0.15, -0.1) is 0 Å². The molecule has 0 fully saturated rings. The highest BCUT2D eigenvalue weighted by Gasteiger charge is 2.18. The molecule has 10 aromatic rings. The Morgan fingerprint density at radius 3 is 2.11 bits per heavy atom. The number of nitrogens with zero attached hydrogens (tertiary/aromatic N) is 1. The summed E-state index contributed by atoms with van der Waals surface area (Å²) in [4.78, 5) is 2.32. The molecule has 63 heavy (non-hydrogen) atoms. The Labute approximate surface area is 366 Å². The lowest BCUT2D eigenvalue weighted by Gasteiger charge is -2.27. The molecule has 0 amide bonds. The standard InChI is InChI=1S/C60H43NO2/c1-3-5-16-50(36-40-20-34-59-55(37-40)54-33-27-43-14-8-9-17-52(43)60(54)63-59)61(48-29-23-42(24-30-48)46-28-35-58-56(39-46)53-18-10-11-19-57(53)62-58)49-31-25-44(26-32-49)51(12-4-2)47-22-21-41-13-6-7-15-45(41)38-47/h3-37,39H,1,38H2,2H3/b12-4-,16-5-,50-36-,51-47+. The van der Waals surface area contributed by atoms with Gasteiger partial charge in [0.05, 0.1) is 0 Å². The molecule has 2 heterocycles. The van der Waals surface area contributed by atoms with E-state index in [0.29, 0.717) is 0 Å². The van der Waals surface area contributed by atoms with Crippen LogP contribution in [0.25, 0.3) is 83.5 Å². The van der Waals surface area contributed by atoms with Crippen LogP contribution in [-0.4, -0.2) is 0 Å². The van der Waals surface area contributed by atoms with Crippen molar-refractivity contribution in [3.05, 3.63) is 246 Å². The second kappa shape index (κ2) is 16.0. The number of anilines is 2. The number of fused-ring (bicyclic) bond motifs is 9. The number of rotatable bonds is 9. The van der Waals surface area contributed by atoms with Gasteiger partial charge in [-0.2, -0.15) is 0 Å². The zero-order valence-electron chi connectivity index (χ0n) is 35.0. The smallest absolute Gasteiger partial charge is 0.143 e. The lowest BCUT2D eigenvalue weighted by atomic mass is 9.88. The fraction of sp³-hybridized carbons (Fsp3) is 0.0333. The van der Waals surface area contributed by atoms with Crippen LogP contribution >= 0.6 is 0 Å². The van der Waals surface area contributed by atoms with Crippen LogP contribution in [0.3, 0.4) is 0 Å². The van der Waals surface area contributed by atoms with Crippen molar-refractivity contribution >= 4 is 83.7 Å². The topological polar surface area (TPSA) is 29.5 Å². The molecule has 3 heteroatoms. The molecule has 0 saturated carbocycles. The second-order valence-corrected chi connectivity index (χ2v) is 16.1.